The lowest BCUT2D eigenvalue weighted by Gasteiger charge is -2.36. The smallest absolute Gasteiger partial charge is 0.0725 e. The van der Waals surface area contributed by atoms with Gasteiger partial charge < -0.3 is 4.90 Å². The van der Waals surface area contributed by atoms with Gasteiger partial charge in [0.2, 0.25) is 0 Å². The van der Waals surface area contributed by atoms with E-state index < -0.39 is 10.8 Å². The van der Waals surface area contributed by atoms with Crippen LogP contribution >= 0.6 is 0 Å². The lowest BCUT2D eigenvalue weighted by molar-refractivity contribution is 0.753. The van der Waals surface area contributed by atoms with E-state index in [1.165, 1.54) is 111 Å². The molecule has 1 heteroatoms. The minimum atomic E-state index is -0.623. The van der Waals surface area contributed by atoms with Crippen LogP contribution in [-0.4, -0.2) is 0 Å². The van der Waals surface area contributed by atoms with Crippen molar-refractivity contribution >= 4 is 17.1 Å². The summed E-state index contributed by atoms with van der Waals surface area (Å²) in [4.78, 5) is 2.45. The van der Waals surface area contributed by atoms with Gasteiger partial charge in [-0.3, -0.25) is 0 Å². The first-order valence-electron chi connectivity index (χ1n) is 26.2. The van der Waals surface area contributed by atoms with Gasteiger partial charge in [0.15, 0.2) is 0 Å². The molecular formula is C74H49N. The van der Waals surface area contributed by atoms with Gasteiger partial charge in [-0.1, -0.05) is 261 Å². The van der Waals surface area contributed by atoms with Crippen LogP contribution in [0.4, 0.5) is 17.1 Å². The van der Waals surface area contributed by atoms with E-state index in [0.29, 0.717) is 0 Å². The third kappa shape index (κ3) is 6.25. The predicted octanol–water partition coefficient (Wildman–Crippen LogP) is 18.9. The molecule has 3 aliphatic rings. The van der Waals surface area contributed by atoms with Crippen molar-refractivity contribution in [2.24, 2.45) is 0 Å². The summed E-state index contributed by atoms with van der Waals surface area (Å²) in [5.74, 6) is 0. The Morgan fingerprint density at radius 1 is 0.200 bits per heavy atom. The van der Waals surface area contributed by atoms with E-state index in [1.54, 1.807) is 0 Å². The summed E-state index contributed by atoms with van der Waals surface area (Å²) >= 11 is 0. The molecule has 0 aromatic heterocycles. The Morgan fingerprint density at radius 2 is 0.547 bits per heavy atom. The van der Waals surface area contributed by atoms with E-state index in [4.69, 9.17) is 0 Å². The highest BCUT2D eigenvalue weighted by atomic mass is 15.1. The van der Waals surface area contributed by atoms with Crippen LogP contribution in [0.1, 0.15) is 44.5 Å². The topological polar surface area (TPSA) is 3.24 Å². The monoisotopic (exact) mass is 951 g/mol. The maximum Gasteiger partial charge on any atom is 0.0725 e. The molecule has 12 aromatic carbocycles. The van der Waals surface area contributed by atoms with Gasteiger partial charge in [-0.2, -0.15) is 0 Å². The average molecular weight is 952 g/mol. The Balaban J connectivity index is 1.06. The van der Waals surface area contributed by atoms with E-state index in [1.807, 2.05) is 0 Å². The van der Waals surface area contributed by atoms with Gasteiger partial charge in [0.25, 0.3) is 0 Å². The number of fused-ring (bicyclic) bond motifs is 13. The van der Waals surface area contributed by atoms with E-state index >= 15 is 0 Å². The molecule has 0 atom stereocenters. The molecule has 0 bridgehead atoms. The summed E-state index contributed by atoms with van der Waals surface area (Å²) in [6, 6.07) is 111. The molecule has 1 spiro atoms. The SMILES string of the molecule is c1ccc(-c2ccc(N(c3ccc(-c4ccccc4)cc3)c3ccc4c(c3)-c3c(cc5c(c3-c3ccccc3)-c3ccccc3C5(c3ccccc3)c3ccccc3)C43c4ccccc4-c4ccccc43)cc2)cc1. The van der Waals surface area contributed by atoms with Gasteiger partial charge in [0.1, 0.15) is 0 Å². The number of hydrogen-bond donors (Lipinski definition) is 0. The number of rotatable bonds is 8. The van der Waals surface area contributed by atoms with Crippen LogP contribution < -0.4 is 4.90 Å². The molecule has 0 fully saturated rings. The van der Waals surface area contributed by atoms with Gasteiger partial charge in [0.05, 0.1) is 10.8 Å². The largest absolute Gasteiger partial charge is 0.310 e. The fourth-order valence-corrected chi connectivity index (χ4v) is 13.5. The van der Waals surface area contributed by atoms with E-state index in [0.717, 1.165) is 17.1 Å². The predicted molar refractivity (Wildman–Crippen MR) is 311 cm³/mol. The molecular weight excluding hydrogens is 903 g/mol. The first-order valence-corrected chi connectivity index (χ1v) is 26.2. The maximum atomic E-state index is 2.66. The van der Waals surface area contributed by atoms with Crippen molar-refractivity contribution in [3.8, 4) is 66.8 Å². The highest BCUT2D eigenvalue weighted by Crippen LogP contribution is 2.69. The molecule has 0 unspecified atom stereocenters. The van der Waals surface area contributed by atoms with Gasteiger partial charge >= 0.3 is 0 Å². The molecule has 350 valence electrons. The summed E-state index contributed by atoms with van der Waals surface area (Å²) in [5, 5.41) is 0. The van der Waals surface area contributed by atoms with Gasteiger partial charge in [0, 0.05) is 17.1 Å². The van der Waals surface area contributed by atoms with Crippen molar-refractivity contribution < 1.29 is 0 Å². The molecule has 0 heterocycles. The average Bonchev–Trinajstić information content (AvgIpc) is 4.30. The van der Waals surface area contributed by atoms with Crippen molar-refractivity contribution in [2.45, 2.75) is 10.8 Å². The van der Waals surface area contributed by atoms with Crippen LogP contribution in [0, 0.1) is 0 Å². The molecule has 0 saturated heterocycles. The van der Waals surface area contributed by atoms with Gasteiger partial charge in [-0.15, -0.1) is 0 Å². The summed E-state index contributed by atoms with van der Waals surface area (Å²) in [6.07, 6.45) is 0. The number of anilines is 3. The zero-order valence-corrected chi connectivity index (χ0v) is 41.2. The van der Waals surface area contributed by atoms with Crippen LogP contribution in [0.3, 0.4) is 0 Å². The zero-order chi connectivity index (χ0) is 49.5. The summed E-state index contributed by atoms with van der Waals surface area (Å²) in [7, 11) is 0. The number of hydrogen-bond acceptors (Lipinski definition) is 1. The molecule has 12 aromatic rings. The fourth-order valence-electron chi connectivity index (χ4n) is 13.5. The quantitative estimate of drug-likeness (QED) is 0.147. The molecule has 75 heavy (non-hydrogen) atoms. The third-order valence-electron chi connectivity index (χ3n) is 16.6. The van der Waals surface area contributed by atoms with Crippen molar-refractivity contribution in [3.05, 3.63) is 342 Å². The Morgan fingerprint density at radius 3 is 1.04 bits per heavy atom. The fraction of sp³-hybridized carbons (Fsp3) is 0.0270. The van der Waals surface area contributed by atoms with E-state index in [9.17, 15) is 0 Å². The molecule has 0 amide bonds. The lowest BCUT2D eigenvalue weighted by atomic mass is 9.65. The Bertz CT molecular complexity index is 3960. The minimum absolute atomic E-state index is 0.611. The first kappa shape index (κ1) is 43.1. The number of nitrogens with zero attached hydrogens (tertiary/aromatic N) is 1. The van der Waals surface area contributed by atoms with Crippen LogP contribution in [0.25, 0.3) is 66.8 Å². The van der Waals surface area contributed by atoms with Crippen molar-refractivity contribution in [1.29, 1.82) is 0 Å². The molecule has 1 nitrogen and oxygen atoms in total. The standard InChI is InChI=1S/C74H49N/c1-6-22-50(23-7-1)52-38-42-57(43-39-52)75(58-44-40-53(41-45-58)51-24-8-2-9-25-51)59-46-47-67-63(48-59)72-69(74(67)64-35-19-16-32-60(64)61-33-17-20-36-65(61)74)49-68-71(70(72)54-26-10-3-11-27-54)62-34-18-21-37-66(62)73(68,55-28-12-4-13-29-55)56-30-14-5-15-31-56/h1-49H. The summed E-state index contributed by atoms with van der Waals surface area (Å²) in [6.45, 7) is 0. The maximum absolute atomic E-state index is 2.66. The van der Waals surface area contributed by atoms with E-state index in [2.05, 4.69) is 302 Å². The molecule has 0 N–H and O–H groups in total. The third-order valence-corrected chi connectivity index (χ3v) is 16.6. The molecule has 0 radical (unpaired) electrons. The van der Waals surface area contributed by atoms with Crippen LogP contribution in [0.2, 0.25) is 0 Å². The zero-order valence-electron chi connectivity index (χ0n) is 41.2. The Hall–Kier alpha value is -9.56. The molecule has 0 saturated carbocycles. The van der Waals surface area contributed by atoms with Crippen LogP contribution in [0.5, 0.6) is 0 Å². The van der Waals surface area contributed by atoms with Crippen LogP contribution in [0.15, 0.2) is 297 Å². The Labute approximate surface area is 439 Å². The first-order chi connectivity index (χ1) is 37.2. The number of benzene rings is 12. The minimum Gasteiger partial charge on any atom is -0.310 e. The molecule has 0 aliphatic heterocycles. The second kappa shape index (κ2) is 17.0. The second-order valence-electron chi connectivity index (χ2n) is 20.2. The van der Waals surface area contributed by atoms with Crippen LogP contribution in [-0.2, 0) is 10.8 Å². The van der Waals surface area contributed by atoms with Crippen molar-refractivity contribution in [3.63, 3.8) is 0 Å². The van der Waals surface area contributed by atoms with E-state index in [-0.39, 0.29) is 0 Å². The van der Waals surface area contributed by atoms with Crippen molar-refractivity contribution in [1.82, 2.24) is 0 Å². The Kier molecular flexibility index (Phi) is 9.77. The molecule has 3 aliphatic carbocycles. The van der Waals surface area contributed by atoms with Gasteiger partial charge in [-0.05, 0) is 148 Å². The highest BCUT2D eigenvalue weighted by molar-refractivity contribution is 6.08. The normalized spacial score (nSPS) is 13.5. The molecule has 15 rings (SSSR count). The van der Waals surface area contributed by atoms with Crippen molar-refractivity contribution in [2.75, 3.05) is 4.90 Å². The highest BCUT2D eigenvalue weighted by Gasteiger charge is 2.56. The summed E-state index contributed by atoms with van der Waals surface area (Å²) in [5.41, 5.74) is 27.4. The lowest BCUT2D eigenvalue weighted by Crippen LogP contribution is -2.30. The summed E-state index contributed by atoms with van der Waals surface area (Å²) < 4.78 is 0. The second-order valence-corrected chi connectivity index (χ2v) is 20.2. The van der Waals surface area contributed by atoms with Gasteiger partial charge in [-0.25, -0.2) is 0 Å².